The van der Waals surface area contributed by atoms with Gasteiger partial charge in [-0.25, -0.2) is 8.42 Å². The largest absolute Gasteiger partial charge is 0.352 e. The molecule has 0 aromatic rings. The number of amides is 1. The topological polar surface area (TPSA) is 63.2 Å². The van der Waals surface area contributed by atoms with Crippen molar-refractivity contribution in [2.24, 2.45) is 0 Å². The third kappa shape index (κ3) is 2.97. The molecule has 0 saturated heterocycles. The second-order valence-electron chi connectivity index (χ2n) is 3.96. The summed E-state index contributed by atoms with van der Waals surface area (Å²) in [5.41, 5.74) is 0. The molecule has 1 aliphatic carbocycles. The first kappa shape index (κ1) is 11.5. The van der Waals surface area contributed by atoms with E-state index in [1.807, 2.05) is 0 Å². The van der Waals surface area contributed by atoms with E-state index in [2.05, 4.69) is 5.32 Å². The van der Waals surface area contributed by atoms with Crippen LogP contribution in [0, 0.1) is 0 Å². The van der Waals surface area contributed by atoms with Crippen LogP contribution in [-0.2, 0) is 14.6 Å². The highest BCUT2D eigenvalue weighted by Crippen LogP contribution is 2.17. The van der Waals surface area contributed by atoms with Crippen molar-refractivity contribution < 1.29 is 13.2 Å². The van der Waals surface area contributed by atoms with Gasteiger partial charge in [-0.1, -0.05) is 12.8 Å². The van der Waals surface area contributed by atoms with Crippen molar-refractivity contribution in [1.82, 2.24) is 5.32 Å². The average molecular weight is 219 g/mol. The smallest absolute Gasteiger partial charge is 0.238 e. The zero-order valence-corrected chi connectivity index (χ0v) is 9.43. The maximum atomic E-state index is 11.5. The second kappa shape index (κ2) is 4.29. The highest BCUT2D eigenvalue weighted by atomic mass is 32.2. The van der Waals surface area contributed by atoms with Crippen LogP contribution in [0.4, 0.5) is 0 Å². The minimum atomic E-state index is -3.26. The SMILES string of the molecule is CC(C(=O)NC1CCCC1)S(C)(=O)=O. The van der Waals surface area contributed by atoms with E-state index < -0.39 is 15.1 Å². The summed E-state index contributed by atoms with van der Waals surface area (Å²) in [6.45, 7) is 1.43. The molecule has 14 heavy (non-hydrogen) atoms. The van der Waals surface area contributed by atoms with Crippen molar-refractivity contribution in [2.45, 2.75) is 43.9 Å². The van der Waals surface area contributed by atoms with E-state index >= 15 is 0 Å². The van der Waals surface area contributed by atoms with Crippen LogP contribution in [0.3, 0.4) is 0 Å². The number of hydrogen-bond donors (Lipinski definition) is 1. The van der Waals surface area contributed by atoms with Crippen molar-refractivity contribution in [2.75, 3.05) is 6.26 Å². The summed E-state index contributed by atoms with van der Waals surface area (Å²) in [6, 6.07) is 0.187. The maximum absolute atomic E-state index is 11.5. The van der Waals surface area contributed by atoms with Gasteiger partial charge in [0.15, 0.2) is 9.84 Å². The molecule has 0 heterocycles. The Labute approximate surface area is 85.0 Å². The Morgan fingerprint density at radius 2 is 1.86 bits per heavy atom. The van der Waals surface area contributed by atoms with E-state index in [1.54, 1.807) is 0 Å². The summed E-state index contributed by atoms with van der Waals surface area (Å²) >= 11 is 0. The molecule has 0 bridgehead atoms. The Kier molecular flexibility index (Phi) is 3.53. The quantitative estimate of drug-likeness (QED) is 0.751. The molecule has 5 heteroatoms. The first-order valence-electron chi connectivity index (χ1n) is 4.90. The number of carbonyl (C=O) groups is 1. The van der Waals surface area contributed by atoms with Gasteiger partial charge in [-0.2, -0.15) is 0 Å². The minimum absolute atomic E-state index is 0.187. The second-order valence-corrected chi connectivity index (χ2v) is 6.33. The van der Waals surface area contributed by atoms with Gasteiger partial charge in [0.25, 0.3) is 0 Å². The molecular formula is C9H17NO3S. The highest BCUT2D eigenvalue weighted by Gasteiger charge is 2.26. The summed E-state index contributed by atoms with van der Waals surface area (Å²) in [6.07, 6.45) is 5.28. The number of carbonyl (C=O) groups excluding carboxylic acids is 1. The Morgan fingerprint density at radius 1 is 1.36 bits per heavy atom. The number of sulfone groups is 1. The van der Waals surface area contributed by atoms with E-state index in [4.69, 9.17) is 0 Å². The molecule has 0 spiro atoms. The predicted molar refractivity (Wildman–Crippen MR) is 54.7 cm³/mol. The molecule has 0 aliphatic heterocycles. The molecular weight excluding hydrogens is 202 g/mol. The number of nitrogens with one attached hydrogen (secondary N) is 1. The van der Waals surface area contributed by atoms with Crippen LogP contribution in [-0.4, -0.2) is 31.9 Å². The lowest BCUT2D eigenvalue weighted by Crippen LogP contribution is -2.42. The van der Waals surface area contributed by atoms with E-state index in [0.29, 0.717) is 0 Å². The van der Waals surface area contributed by atoms with Crippen LogP contribution in [0.15, 0.2) is 0 Å². The van der Waals surface area contributed by atoms with Gasteiger partial charge in [-0.15, -0.1) is 0 Å². The molecule has 1 amide bonds. The average Bonchev–Trinajstić information content (AvgIpc) is 2.53. The Balaban J connectivity index is 2.49. The van der Waals surface area contributed by atoms with E-state index in [1.165, 1.54) is 6.92 Å². The summed E-state index contributed by atoms with van der Waals surface area (Å²) in [7, 11) is -3.26. The van der Waals surface area contributed by atoms with Crippen molar-refractivity contribution >= 4 is 15.7 Å². The van der Waals surface area contributed by atoms with Crippen molar-refractivity contribution in [3.05, 3.63) is 0 Å². The predicted octanol–water partition coefficient (Wildman–Crippen LogP) is 0.478. The molecule has 1 unspecified atom stereocenters. The third-order valence-electron chi connectivity index (χ3n) is 2.71. The lowest BCUT2D eigenvalue weighted by Gasteiger charge is -2.15. The monoisotopic (exact) mass is 219 g/mol. The number of rotatable bonds is 3. The molecule has 1 rings (SSSR count). The molecule has 1 fully saturated rings. The summed E-state index contributed by atoms with van der Waals surface area (Å²) in [5.74, 6) is -0.362. The molecule has 1 saturated carbocycles. The van der Waals surface area contributed by atoms with Crippen LogP contribution in [0.5, 0.6) is 0 Å². The van der Waals surface area contributed by atoms with Crippen LogP contribution in [0.25, 0.3) is 0 Å². The zero-order chi connectivity index (χ0) is 10.8. The third-order valence-corrected chi connectivity index (χ3v) is 4.21. The van der Waals surface area contributed by atoms with Gasteiger partial charge in [-0.05, 0) is 19.8 Å². The van der Waals surface area contributed by atoms with E-state index in [0.717, 1.165) is 31.9 Å². The van der Waals surface area contributed by atoms with Crippen LogP contribution in [0.1, 0.15) is 32.6 Å². The first-order valence-corrected chi connectivity index (χ1v) is 6.86. The molecule has 1 N–H and O–H groups in total. The fourth-order valence-electron chi connectivity index (χ4n) is 1.58. The van der Waals surface area contributed by atoms with Gasteiger partial charge in [0.05, 0.1) is 0 Å². The molecule has 0 radical (unpaired) electrons. The van der Waals surface area contributed by atoms with Crippen LogP contribution >= 0.6 is 0 Å². The zero-order valence-electron chi connectivity index (χ0n) is 8.62. The lowest BCUT2D eigenvalue weighted by atomic mass is 10.2. The van der Waals surface area contributed by atoms with E-state index in [9.17, 15) is 13.2 Å². The summed E-state index contributed by atoms with van der Waals surface area (Å²) < 4.78 is 22.2. The first-order chi connectivity index (χ1) is 6.41. The number of hydrogen-bond acceptors (Lipinski definition) is 3. The van der Waals surface area contributed by atoms with Crippen LogP contribution in [0.2, 0.25) is 0 Å². The van der Waals surface area contributed by atoms with Crippen molar-refractivity contribution in [3.8, 4) is 0 Å². The van der Waals surface area contributed by atoms with Gasteiger partial charge in [0.2, 0.25) is 5.91 Å². The minimum Gasteiger partial charge on any atom is -0.352 e. The summed E-state index contributed by atoms with van der Waals surface area (Å²) in [4.78, 5) is 11.5. The van der Waals surface area contributed by atoms with Gasteiger partial charge >= 0.3 is 0 Å². The molecule has 0 aromatic carbocycles. The fourth-order valence-corrected chi connectivity index (χ4v) is 2.04. The normalized spacial score (nSPS) is 20.7. The van der Waals surface area contributed by atoms with Crippen molar-refractivity contribution in [3.63, 3.8) is 0 Å². The molecule has 0 aromatic heterocycles. The fraction of sp³-hybridized carbons (Fsp3) is 0.889. The van der Waals surface area contributed by atoms with Gasteiger partial charge in [-0.3, -0.25) is 4.79 Å². The molecule has 4 nitrogen and oxygen atoms in total. The van der Waals surface area contributed by atoms with Crippen LogP contribution < -0.4 is 5.32 Å². The highest BCUT2D eigenvalue weighted by molar-refractivity contribution is 7.92. The Morgan fingerprint density at radius 3 is 2.29 bits per heavy atom. The maximum Gasteiger partial charge on any atom is 0.238 e. The molecule has 1 aliphatic rings. The Hall–Kier alpha value is -0.580. The molecule has 1 atom stereocenters. The lowest BCUT2D eigenvalue weighted by molar-refractivity contribution is -0.121. The van der Waals surface area contributed by atoms with Crippen molar-refractivity contribution in [1.29, 1.82) is 0 Å². The van der Waals surface area contributed by atoms with Gasteiger partial charge in [0, 0.05) is 12.3 Å². The van der Waals surface area contributed by atoms with Gasteiger partial charge < -0.3 is 5.32 Å². The van der Waals surface area contributed by atoms with E-state index in [-0.39, 0.29) is 11.9 Å². The Bertz CT molecular complexity index is 304. The summed E-state index contributed by atoms with van der Waals surface area (Å²) in [5, 5.41) is 1.84. The molecule has 82 valence electrons. The van der Waals surface area contributed by atoms with Gasteiger partial charge in [0.1, 0.15) is 5.25 Å². The standard InChI is InChI=1S/C9H17NO3S/c1-7(14(2,12)13)9(11)10-8-5-3-4-6-8/h7-8H,3-6H2,1-2H3,(H,10,11).